The van der Waals surface area contributed by atoms with Crippen LogP contribution in [0.25, 0.3) is 0 Å². The fourth-order valence-electron chi connectivity index (χ4n) is 4.24. The Morgan fingerprint density at radius 2 is 1.97 bits per heavy atom. The maximum atomic E-state index is 12.5. The van der Waals surface area contributed by atoms with Gasteiger partial charge in [0.1, 0.15) is 12.4 Å². The van der Waals surface area contributed by atoms with Crippen LogP contribution in [-0.2, 0) is 36.9 Å². The van der Waals surface area contributed by atoms with Crippen molar-refractivity contribution in [2.24, 2.45) is 0 Å². The number of pyridine rings is 1. The molecule has 1 N–H and O–H groups in total. The summed E-state index contributed by atoms with van der Waals surface area (Å²) in [5.74, 6) is -0.879. The van der Waals surface area contributed by atoms with E-state index in [4.69, 9.17) is 18.9 Å². The Kier molecular flexibility index (Phi) is 8.66. The first-order chi connectivity index (χ1) is 16.5. The van der Waals surface area contributed by atoms with Gasteiger partial charge in [-0.05, 0) is 42.7 Å². The molecule has 182 valence electrons. The van der Waals surface area contributed by atoms with Crippen LogP contribution < -0.4 is 5.32 Å². The van der Waals surface area contributed by atoms with E-state index in [1.54, 1.807) is 6.20 Å². The lowest BCUT2D eigenvalue weighted by molar-refractivity contribution is -0.313. The molecule has 1 aromatic carbocycles. The van der Waals surface area contributed by atoms with Gasteiger partial charge >= 0.3 is 6.09 Å². The van der Waals surface area contributed by atoms with Crippen molar-refractivity contribution in [1.82, 2.24) is 10.3 Å². The van der Waals surface area contributed by atoms with Gasteiger partial charge in [0.2, 0.25) is 0 Å². The average Bonchev–Trinajstić information content (AvgIpc) is 2.83. The molecule has 1 amide bonds. The highest BCUT2D eigenvalue weighted by Gasteiger charge is 2.45. The van der Waals surface area contributed by atoms with Gasteiger partial charge < -0.3 is 24.3 Å². The summed E-state index contributed by atoms with van der Waals surface area (Å²) in [6, 6.07) is 13.4. The minimum atomic E-state index is -0.975. The predicted octanol–water partition coefficient (Wildman–Crippen LogP) is 4.30. The van der Waals surface area contributed by atoms with E-state index in [-0.39, 0.29) is 37.6 Å². The van der Waals surface area contributed by atoms with Gasteiger partial charge in [0, 0.05) is 23.5 Å². The summed E-state index contributed by atoms with van der Waals surface area (Å²) in [6.45, 7) is 1.13. The Balaban J connectivity index is 1.23. The van der Waals surface area contributed by atoms with Crippen molar-refractivity contribution in [3.8, 4) is 0 Å². The number of amides is 1. The standard InChI is InChI=1S/C25H29BrN2O6/c26-19-8-6-18(7-9-19)15-31-16-23-12-21(29)13-25(34-23)10-3-5-22(33-25)17-32-24(30)28-14-20-4-1-2-11-27-20/h1-2,4,6-9,11,22-23H,3,5,10,12-17H2,(H,28,30)/t22-,23-,25-/m0/s1. The Bertz CT molecular complexity index is 958. The molecule has 1 spiro atoms. The van der Waals surface area contributed by atoms with Crippen LogP contribution in [-0.4, -0.2) is 48.1 Å². The highest BCUT2D eigenvalue weighted by Crippen LogP contribution is 2.38. The van der Waals surface area contributed by atoms with Gasteiger partial charge in [-0.3, -0.25) is 9.78 Å². The van der Waals surface area contributed by atoms with E-state index >= 15 is 0 Å². The van der Waals surface area contributed by atoms with Gasteiger partial charge in [-0.25, -0.2) is 4.79 Å². The van der Waals surface area contributed by atoms with E-state index in [0.29, 0.717) is 26.1 Å². The van der Waals surface area contributed by atoms with E-state index < -0.39 is 11.9 Å². The molecule has 0 radical (unpaired) electrons. The molecule has 2 aliphatic rings. The molecule has 0 unspecified atom stereocenters. The minimum Gasteiger partial charge on any atom is -0.447 e. The summed E-state index contributed by atoms with van der Waals surface area (Å²) < 4.78 is 24.6. The Morgan fingerprint density at radius 1 is 1.15 bits per heavy atom. The maximum absolute atomic E-state index is 12.5. The minimum absolute atomic E-state index is 0.0953. The molecule has 3 atom stereocenters. The van der Waals surface area contributed by atoms with Gasteiger partial charge in [-0.15, -0.1) is 0 Å². The molecular weight excluding hydrogens is 504 g/mol. The molecule has 0 aliphatic carbocycles. The molecule has 1 aromatic heterocycles. The number of hydrogen-bond acceptors (Lipinski definition) is 7. The van der Waals surface area contributed by atoms with Crippen LogP contribution in [0.1, 0.15) is 43.4 Å². The molecule has 0 saturated carbocycles. The number of hydrogen-bond donors (Lipinski definition) is 1. The second-order valence-corrected chi connectivity index (χ2v) is 9.53. The number of ketones is 1. The van der Waals surface area contributed by atoms with Crippen LogP contribution >= 0.6 is 15.9 Å². The fourth-order valence-corrected chi connectivity index (χ4v) is 4.50. The fraction of sp³-hybridized carbons (Fsp3) is 0.480. The summed E-state index contributed by atoms with van der Waals surface area (Å²) in [5, 5.41) is 2.68. The van der Waals surface area contributed by atoms with Gasteiger partial charge in [0.15, 0.2) is 5.79 Å². The lowest BCUT2D eigenvalue weighted by atomic mass is 9.92. The van der Waals surface area contributed by atoms with Crippen molar-refractivity contribution in [2.75, 3.05) is 13.2 Å². The predicted molar refractivity (Wildman–Crippen MR) is 127 cm³/mol. The largest absolute Gasteiger partial charge is 0.447 e. The van der Waals surface area contributed by atoms with Crippen molar-refractivity contribution in [3.63, 3.8) is 0 Å². The van der Waals surface area contributed by atoms with E-state index in [1.165, 1.54) is 0 Å². The highest BCUT2D eigenvalue weighted by molar-refractivity contribution is 9.10. The first-order valence-corrected chi connectivity index (χ1v) is 12.3. The zero-order valence-corrected chi connectivity index (χ0v) is 20.5. The lowest BCUT2D eigenvalue weighted by Gasteiger charge is -2.45. The summed E-state index contributed by atoms with van der Waals surface area (Å²) in [7, 11) is 0. The van der Waals surface area contributed by atoms with Crippen molar-refractivity contribution >= 4 is 27.8 Å². The Morgan fingerprint density at radius 3 is 2.76 bits per heavy atom. The van der Waals surface area contributed by atoms with Crippen LogP contribution in [0.4, 0.5) is 4.79 Å². The average molecular weight is 533 g/mol. The van der Waals surface area contributed by atoms with E-state index in [1.807, 2.05) is 42.5 Å². The monoisotopic (exact) mass is 532 g/mol. The van der Waals surface area contributed by atoms with E-state index in [0.717, 1.165) is 28.6 Å². The topological polar surface area (TPSA) is 96.0 Å². The first kappa shape index (κ1) is 24.8. The van der Waals surface area contributed by atoms with Crippen LogP contribution in [0.15, 0.2) is 53.1 Å². The molecule has 2 saturated heterocycles. The molecule has 9 heteroatoms. The summed E-state index contributed by atoms with van der Waals surface area (Å²) >= 11 is 3.42. The number of nitrogens with one attached hydrogen (secondary N) is 1. The molecule has 0 bridgehead atoms. The smallest absolute Gasteiger partial charge is 0.407 e. The second-order valence-electron chi connectivity index (χ2n) is 8.62. The van der Waals surface area contributed by atoms with E-state index in [2.05, 4.69) is 26.2 Å². The first-order valence-electron chi connectivity index (χ1n) is 11.5. The van der Waals surface area contributed by atoms with Gasteiger partial charge in [0.05, 0.1) is 44.1 Å². The molecule has 3 heterocycles. The number of ether oxygens (including phenoxy) is 4. The van der Waals surface area contributed by atoms with Crippen LogP contribution in [0.3, 0.4) is 0 Å². The third kappa shape index (κ3) is 7.33. The number of nitrogens with zero attached hydrogens (tertiary/aromatic N) is 1. The number of rotatable bonds is 8. The summed E-state index contributed by atoms with van der Waals surface area (Å²) in [5.41, 5.74) is 1.79. The third-order valence-electron chi connectivity index (χ3n) is 5.79. The molecule has 2 aromatic rings. The lowest BCUT2D eigenvalue weighted by Crippen LogP contribution is -2.52. The van der Waals surface area contributed by atoms with Crippen molar-refractivity contribution in [3.05, 3.63) is 64.4 Å². The normalized spacial score (nSPS) is 24.7. The van der Waals surface area contributed by atoms with Crippen LogP contribution in [0, 0.1) is 0 Å². The van der Waals surface area contributed by atoms with Crippen molar-refractivity contribution in [1.29, 1.82) is 0 Å². The number of alkyl carbamates (subject to hydrolysis) is 1. The van der Waals surface area contributed by atoms with Crippen LogP contribution in [0.2, 0.25) is 0 Å². The number of halogens is 1. The maximum Gasteiger partial charge on any atom is 0.407 e. The molecule has 2 fully saturated rings. The number of aromatic nitrogens is 1. The Labute approximate surface area is 207 Å². The van der Waals surface area contributed by atoms with Crippen molar-refractivity contribution in [2.45, 2.75) is 63.3 Å². The molecule has 34 heavy (non-hydrogen) atoms. The zero-order valence-electron chi connectivity index (χ0n) is 18.9. The van der Waals surface area contributed by atoms with Gasteiger partial charge in [-0.1, -0.05) is 34.1 Å². The highest BCUT2D eigenvalue weighted by atomic mass is 79.9. The molecule has 8 nitrogen and oxygen atoms in total. The van der Waals surface area contributed by atoms with E-state index in [9.17, 15) is 9.59 Å². The molecule has 2 aliphatic heterocycles. The third-order valence-corrected chi connectivity index (χ3v) is 6.32. The summed E-state index contributed by atoms with van der Waals surface area (Å²) in [6.07, 6.45) is 3.14. The SMILES string of the molecule is O=C1C[C@@H](COCc2ccc(Br)cc2)O[C@@]2(CCC[C@@H](COC(=O)NCc3ccccn3)O2)C1. The number of carbonyl (C=O) groups is 2. The van der Waals surface area contributed by atoms with Gasteiger partial charge in [0.25, 0.3) is 0 Å². The number of carbonyl (C=O) groups excluding carboxylic acids is 2. The Hall–Kier alpha value is -2.33. The quantitative estimate of drug-likeness (QED) is 0.541. The van der Waals surface area contributed by atoms with Crippen LogP contribution in [0.5, 0.6) is 0 Å². The zero-order chi connectivity index (χ0) is 23.8. The van der Waals surface area contributed by atoms with Crippen molar-refractivity contribution < 1.29 is 28.5 Å². The van der Waals surface area contributed by atoms with Gasteiger partial charge in [-0.2, -0.15) is 0 Å². The number of Topliss-reactive ketones (excluding diaryl/α,β-unsaturated/α-hetero) is 1. The molecule has 4 rings (SSSR count). The summed E-state index contributed by atoms with van der Waals surface area (Å²) in [4.78, 5) is 28.7. The second kappa shape index (κ2) is 11.9. The number of benzene rings is 1. The molecular formula is C25H29BrN2O6.